The molecule has 1 N–H and O–H groups in total. The highest BCUT2D eigenvalue weighted by molar-refractivity contribution is 6.30. The quantitative estimate of drug-likeness (QED) is 0.546. The summed E-state index contributed by atoms with van der Waals surface area (Å²) in [6.07, 6.45) is 2.17. The first-order chi connectivity index (χ1) is 14.9. The number of nitrogens with one attached hydrogen (secondary N) is 1. The van der Waals surface area contributed by atoms with Crippen LogP contribution < -0.4 is 0 Å². The van der Waals surface area contributed by atoms with Crippen LogP contribution >= 0.6 is 11.6 Å². The fourth-order valence-corrected chi connectivity index (χ4v) is 4.50. The third kappa shape index (κ3) is 5.08. The van der Waals surface area contributed by atoms with Gasteiger partial charge in [0.15, 0.2) is 11.6 Å². The Bertz CT molecular complexity index is 1030. The van der Waals surface area contributed by atoms with Gasteiger partial charge in [-0.05, 0) is 62.1 Å². The first-order valence-corrected chi connectivity index (χ1v) is 11.0. The molecule has 0 bridgehead atoms. The molecule has 31 heavy (non-hydrogen) atoms. The van der Waals surface area contributed by atoms with Gasteiger partial charge in [0.05, 0.1) is 0 Å². The standard InChI is InChI=1S/C24H26ClF2N3O/c1-2-30(24(31)23-11-18-10-20(26)21(27)12-22(18)28-23)15-17-4-3-9-29(14-17)13-16-5-7-19(25)8-6-16/h5-8,10-12,17,28H,2-4,9,13-15H2,1H3. The van der Waals surface area contributed by atoms with E-state index in [1.807, 2.05) is 24.0 Å². The summed E-state index contributed by atoms with van der Waals surface area (Å²) < 4.78 is 27.0. The molecule has 0 saturated carbocycles. The first-order valence-electron chi connectivity index (χ1n) is 10.7. The predicted octanol–water partition coefficient (Wildman–Crippen LogP) is 5.47. The number of carbonyl (C=O) groups is 1. The van der Waals surface area contributed by atoms with E-state index < -0.39 is 11.6 Å². The third-order valence-corrected chi connectivity index (χ3v) is 6.21. The van der Waals surface area contributed by atoms with E-state index in [2.05, 4.69) is 22.0 Å². The van der Waals surface area contributed by atoms with E-state index in [-0.39, 0.29) is 5.91 Å². The summed E-state index contributed by atoms with van der Waals surface area (Å²) in [5.41, 5.74) is 2.01. The maximum absolute atomic E-state index is 13.5. The average molecular weight is 446 g/mol. The van der Waals surface area contributed by atoms with Crippen molar-refractivity contribution in [3.8, 4) is 0 Å². The topological polar surface area (TPSA) is 39.3 Å². The Morgan fingerprint density at radius 3 is 2.68 bits per heavy atom. The van der Waals surface area contributed by atoms with Gasteiger partial charge in [-0.15, -0.1) is 0 Å². The molecule has 7 heteroatoms. The zero-order valence-electron chi connectivity index (χ0n) is 17.5. The fourth-order valence-electron chi connectivity index (χ4n) is 4.37. The Balaban J connectivity index is 1.41. The molecule has 1 aliphatic rings. The van der Waals surface area contributed by atoms with Gasteiger partial charge in [0.25, 0.3) is 5.91 Å². The maximum Gasteiger partial charge on any atom is 0.270 e. The van der Waals surface area contributed by atoms with Crippen LogP contribution in [0.5, 0.6) is 0 Å². The monoisotopic (exact) mass is 445 g/mol. The molecule has 1 atom stereocenters. The number of piperidine rings is 1. The first kappa shape index (κ1) is 21.8. The highest BCUT2D eigenvalue weighted by Gasteiger charge is 2.25. The number of amides is 1. The minimum Gasteiger partial charge on any atom is -0.350 e. The number of fused-ring (bicyclic) bond motifs is 1. The Hall–Kier alpha value is -2.44. The SMILES string of the molecule is CCN(CC1CCCN(Cc2ccc(Cl)cc2)C1)C(=O)c1cc2cc(F)c(F)cc2[nH]1. The Labute approximate surface area is 185 Å². The predicted molar refractivity (Wildman–Crippen MR) is 119 cm³/mol. The summed E-state index contributed by atoms with van der Waals surface area (Å²) in [6.45, 7) is 6.02. The number of likely N-dealkylation sites (tertiary alicyclic amines) is 1. The summed E-state index contributed by atoms with van der Waals surface area (Å²) in [6, 6.07) is 11.7. The van der Waals surface area contributed by atoms with E-state index in [1.165, 1.54) is 5.56 Å². The number of rotatable bonds is 6. The number of aromatic nitrogens is 1. The minimum atomic E-state index is -0.927. The second-order valence-electron chi connectivity index (χ2n) is 8.25. The number of halogens is 3. The van der Waals surface area contributed by atoms with E-state index in [0.29, 0.717) is 35.6 Å². The molecule has 1 aromatic heterocycles. The molecule has 1 unspecified atom stereocenters. The van der Waals surface area contributed by atoms with Crippen LogP contribution in [-0.4, -0.2) is 46.9 Å². The molecule has 0 aliphatic carbocycles. The second-order valence-corrected chi connectivity index (χ2v) is 8.69. The molecule has 0 radical (unpaired) electrons. The van der Waals surface area contributed by atoms with E-state index in [4.69, 9.17) is 11.6 Å². The van der Waals surface area contributed by atoms with Crippen LogP contribution in [0.15, 0.2) is 42.5 Å². The van der Waals surface area contributed by atoms with Gasteiger partial charge in [0.1, 0.15) is 5.69 Å². The van der Waals surface area contributed by atoms with Crippen molar-refractivity contribution in [1.29, 1.82) is 0 Å². The van der Waals surface area contributed by atoms with Gasteiger partial charge in [-0.25, -0.2) is 8.78 Å². The Morgan fingerprint density at radius 1 is 1.19 bits per heavy atom. The normalized spacial score (nSPS) is 17.2. The lowest BCUT2D eigenvalue weighted by Crippen LogP contribution is -2.42. The lowest BCUT2D eigenvalue weighted by atomic mass is 9.96. The highest BCUT2D eigenvalue weighted by atomic mass is 35.5. The van der Waals surface area contributed by atoms with Crippen molar-refractivity contribution in [3.05, 3.63) is 70.4 Å². The minimum absolute atomic E-state index is 0.144. The van der Waals surface area contributed by atoms with Crippen molar-refractivity contribution in [1.82, 2.24) is 14.8 Å². The molecular formula is C24H26ClF2N3O. The van der Waals surface area contributed by atoms with Crippen LogP contribution in [0.4, 0.5) is 8.78 Å². The van der Waals surface area contributed by atoms with Gasteiger partial charge in [0, 0.05) is 48.2 Å². The third-order valence-electron chi connectivity index (χ3n) is 5.96. The van der Waals surface area contributed by atoms with E-state index in [0.717, 1.165) is 49.6 Å². The van der Waals surface area contributed by atoms with Gasteiger partial charge in [0.2, 0.25) is 0 Å². The van der Waals surface area contributed by atoms with E-state index >= 15 is 0 Å². The summed E-state index contributed by atoms with van der Waals surface area (Å²) in [4.78, 5) is 20.3. The number of aromatic amines is 1. The number of nitrogens with zero attached hydrogens (tertiary/aromatic N) is 2. The second kappa shape index (κ2) is 9.37. The lowest BCUT2D eigenvalue weighted by molar-refractivity contribution is 0.0680. The molecule has 4 rings (SSSR count). The number of benzene rings is 2. The molecule has 4 nitrogen and oxygen atoms in total. The van der Waals surface area contributed by atoms with Crippen LogP contribution in [0.25, 0.3) is 10.9 Å². The van der Waals surface area contributed by atoms with Crippen LogP contribution in [-0.2, 0) is 6.54 Å². The molecule has 2 aromatic carbocycles. The average Bonchev–Trinajstić information content (AvgIpc) is 3.16. The molecule has 2 heterocycles. The van der Waals surface area contributed by atoms with Crippen molar-refractivity contribution >= 4 is 28.4 Å². The van der Waals surface area contributed by atoms with Gasteiger partial charge in [-0.2, -0.15) is 0 Å². The highest BCUT2D eigenvalue weighted by Crippen LogP contribution is 2.23. The number of H-pyrrole nitrogens is 1. The summed E-state index contributed by atoms with van der Waals surface area (Å²) in [5.74, 6) is -1.61. The van der Waals surface area contributed by atoms with Crippen LogP contribution in [0, 0.1) is 17.6 Å². The number of hydrogen-bond acceptors (Lipinski definition) is 2. The lowest BCUT2D eigenvalue weighted by Gasteiger charge is -2.35. The molecule has 3 aromatic rings. The summed E-state index contributed by atoms with van der Waals surface area (Å²) >= 11 is 5.98. The van der Waals surface area contributed by atoms with Crippen LogP contribution in [0.3, 0.4) is 0 Å². The van der Waals surface area contributed by atoms with Crippen LogP contribution in [0.1, 0.15) is 35.8 Å². The smallest absolute Gasteiger partial charge is 0.270 e. The molecular weight excluding hydrogens is 420 g/mol. The number of hydrogen-bond donors (Lipinski definition) is 1. The van der Waals surface area contributed by atoms with Gasteiger partial charge in [-0.3, -0.25) is 9.69 Å². The fraction of sp³-hybridized carbons (Fsp3) is 0.375. The van der Waals surface area contributed by atoms with Crippen molar-refractivity contribution in [3.63, 3.8) is 0 Å². The molecule has 1 aliphatic heterocycles. The van der Waals surface area contributed by atoms with E-state index in [9.17, 15) is 13.6 Å². The molecule has 164 valence electrons. The zero-order chi connectivity index (χ0) is 22.0. The molecule has 1 saturated heterocycles. The van der Waals surface area contributed by atoms with Crippen molar-refractivity contribution in [2.45, 2.75) is 26.3 Å². The van der Waals surface area contributed by atoms with Crippen molar-refractivity contribution in [2.75, 3.05) is 26.2 Å². The molecule has 0 spiro atoms. The summed E-state index contributed by atoms with van der Waals surface area (Å²) in [5, 5.41) is 1.23. The number of carbonyl (C=O) groups excluding carboxylic acids is 1. The zero-order valence-corrected chi connectivity index (χ0v) is 18.3. The Kier molecular flexibility index (Phi) is 6.58. The van der Waals surface area contributed by atoms with Gasteiger partial charge < -0.3 is 9.88 Å². The van der Waals surface area contributed by atoms with Gasteiger partial charge in [-0.1, -0.05) is 23.7 Å². The summed E-state index contributed by atoms with van der Waals surface area (Å²) in [7, 11) is 0. The van der Waals surface area contributed by atoms with Gasteiger partial charge >= 0.3 is 0 Å². The molecule has 1 amide bonds. The van der Waals surface area contributed by atoms with Crippen molar-refractivity contribution < 1.29 is 13.6 Å². The van der Waals surface area contributed by atoms with Crippen LogP contribution in [0.2, 0.25) is 5.02 Å². The maximum atomic E-state index is 13.5. The van der Waals surface area contributed by atoms with Crippen molar-refractivity contribution in [2.24, 2.45) is 5.92 Å². The molecule has 1 fully saturated rings. The largest absolute Gasteiger partial charge is 0.350 e. The Morgan fingerprint density at radius 2 is 1.94 bits per heavy atom. The van der Waals surface area contributed by atoms with E-state index in [1.54, 1.807) is 6.07 Å².